The summed E-state index contributed by atoms with van der Waals surface area (Å²) in [6, 6.07) is 11.1. The fraction of sp³-hybridized carbons (Fsp3) is 0.389. The van der Waals surface area contributed by atoms with E-state index in [2.05, 4.69) is 10.2 Å². The number of anilines is 1. The Morgan fingerprint density at radius 2 is 1.70 bits per heavy atom. The van der Waals surface area contributed by atoms with Crippen molar-refractivity contribution in [3.63, 3.8) is 0 Å². The first kappa shape index (κ1) is 18.9. The highest BCUT2D eigenvalue weighted by Gasteiger charge is 2.43. The van der Waals surface area contributed by atoms with Crippen molar-refractivity contribution in [2.75, 3.05) is 37.7 Å². The molecule has 0 spiro atoms. The maximum atomic E-state index is 12.5. The molecule has 3 rings (SSSR count). The Morgan fingerprint density at radius 3 is 2.22 bits per heavy atom. The van der Waals surface area contributed by atoms with Crippen LogP contribution >= 0.6 is 0 Å². The number of ether oxygens (including phenoxy) is 1. The number of amides is 1. The van der Waals surface area contributed by atoms with E-state index in [9.17, 15) is 18.0 Å². The average Bonchev–Trinajstić information content (AvgIpc) is 2.68. The highest BCUT2D eigenvalue weighted by molar-refractivity contribution is 5.82. The Balaban J connectivity index is 1.62. The molecule has 144 valence electrons. The molecule has 1 aliphatic rings. The summed E-state index contributed by atoms with van der Waals surface area (Å²) in [7, 11) is 0. The first-order chi connectivity index (χ1) is 12.9. The van der Waals surface area contributed by atoms with Crippen LogP contribution in [0.5, 0.6) is 5.75 Å². The number of carbonyl (C=O) groups is 1. The molecule has 1 fully saturated rings. The quantitative estimate of drug-likeness (QED) is 0.816. The van der Waals surface area contributed by atoms with Gasteiger partial charge in [0.1, 0.15) is 5.75 Å². The van der Waals surface area contributed by atoms with Crippen LogP contribution < -0.4 is 9.64 Å². The summed E-state index contributed by atoms with van der Waals surface area (Å²) in [6.45, 7) is 3.06. The minimum atomic E-state index is -4.83. The molecular formula is C18H19F3N4O2. The van der Waals surface area contributed by atoms with Gasteiger partial charge in [-0.1, -0.05) is 0 Å². The summed E-state index contributed by atoms with van der Waals surface area (Å²) in [6.07, 6.45) is -4.83. The van der Waals surface area contributed by atoms with Crippen LogP contribution in [0.25, 0.3) is 11.3 Å². The predicted octanol–water partition coefficient (Wildman–Crippen LogP) is 2.75. The molecule has 1 saturated heterocycles. The number of nitrogens with zero attached hydrogens (tertiary/aromatic N) is 4. The number of alkyl halides is 3. The first-order valence-corrected chi connectivity index (χ1v) is 8.56. The van der Waals surface area contributed by atoms with E-state index in [0.29, 0.717) is 18.1 Å². The molecule has 0 atom stereocenters. The number of halogens is 3. The standard InChI is InChI=1S/C18H19F3N4O2/c1-2-27-14-5-3-13(4-6-14)15-7-8-16(23-22-15)24-9-11-25(12-10-24)17(26)18(19,20)21/h3-8H,2,9-12H2,1H3. The van der Waals surface area contributed by atoms with E-state index < -0.39 is 12.1 Å². The maximum Gasteiger partial charge on any atom is 0.471 e. The van der Waals surface area contributed by atoms with E-state index in [1.807, 2.05) is 42.2 Å². The Hall–Kier alpha value is -2.84. The highest BCUT2D eigenvalue weighted by atomic mass is 19.4. The number of piperazine rings is 1. The van der Waals surface area contributed by atoms with Crippen molar-refractivity contribution < 1.29 is 22.7 Å². The molecule has 9 heteroatoms. The number of aromatic nitrogens is 2. The summed E-state index contributed by atoms with van der Waals surface area (Å²) in [5, 5.41) is 8.38. The zero-order chi connectivity index (χ0) is 19.4. The Kier molecular flexibility index (Phi) is 5.48. The van der Waals surface area contributed by atoms with Crippen LogP contribution in [0, 0.1) is 0 Å². The lowest BCUT2D eigenvalue weighted by atomic mass is 10.1. The molecule has 1 aliphatic heterocycles. The number of carbonyl (C=O) groups excluding carboxylic acids is 1. The molecule has 1 aromatic carbocycles. The van der Waals surface area contributed by atoms with Gasteiger partial charge in [0, 0.05) is 31.7 Å². The van der Waals surface area contributed by atoms with Gasteiger partial charge in [0.2, 0.25) is 0 Å². The maximum absolute atomic E-state index is 12.5. The summed E-state index contributed by atoms with van der Waals surface area (Å²) in [5.41, 5.74) is 1.57. The van der Waals surface area contributed by atoms with E-state index in [1.165, 1.54) is 0 Å². The highest BCUT2D eigenvalue weighted by Crippen LogP contribution is 2.23. The molecule has 0 unspecified atom stereocenters. The average molecular weight is 380 g/mol. The van der Waals surface area contributed by atoms with Crippen molar-refractivity contribution >= 4 is 11.7 Å². The van der Waals surface area contributed by atoms with Gasteiger partial charge < -0.3 is 14.5 Å². The predicted molar refractivity (Wildman–Crippen MR) is 93.5 cm³/mol. The van der Waals surface area contributed by atoms with Gasteiger partial charge in [-0.3, -0.25) is 4.79 Å². The zero-order valence-electron chi connectivity index (χ0n) is 14.7. The summed E-state index contributed by atoms with van der Waals surface area (Å²) in [5.74, 6) is -0.444. The molecule has 1 amide bonds. The second kappa shape index (κ2) is 7.81. The second-order valence-electron chi connectivity index (χ2n) is 6.01. The Labute approximate surface area is 154 Å². The van der Waals surface area contributed by atoms with Crippen molar-refractivity contribution in [1.82, 2.24) is 15.1 Å². The van der Waals surface area contributed by atoms with Gasteiger partial charge >= 0.3 is 12.1 Å². The van der Waals surface area contributed by atoms with Crippen molar-refractivity contribution in [2.45, 2.75) is 13.1 Å². The van der Waals surface area contributed by atoms with Gasteiger partial charge in [0.25, 0.3) is 0 Å². The summed E-state index contributed by atoms with van der Waals surface area (Å²) < 4.78 is 42.9. The number of benzene rings is 1. The third-order valence-corrected chi connectivity index (χ3v) is 4.24. The Morgan fingerprint density at radius 1 is 1.04 bits per heavy atom. The second-order valence-corrected chi connectivity index (χ2v) is 6.01. The third kappa shape index (κ3) is 4.47. The molecule has 1 aromatic heterocycles. The van der Waals surface area contributed by atoms with E-state index in [1.54, 1.807) is 6.07 Å². The van der Waals surface area contributed by atoms with Crippen molar-refractivity contribution in [1.29, 1.82) is 0 Å². The number of rotatable bonds is 4. The lowest BCUT2D eigenvalue weighted by molar-refractivity contribution is -0.185. The molecule has 2 aromatic rings. The molecule has 0 aliphatic carbocycles. The smallest absolute Gasteiger partial charge is 0.471 e. The summed E-state index contributed by atoms with van der Waals surface area (Å²) in [4.78, 5) is 13.9. The summed E-state index contributed by atoms with van der Waals surface area (Å²) >= 11 is 0. The lowest BCUT2D eigenvalue weighted by Crippen LogP contribution is -2.52. The zero-order valence-corrected chi connectivity index (χ0v) is 14.7. The van der Waals surface area contributed by atoms with Gasteiger partial charge in [0.05, 0.1) is 12.3 Å². The van der Waals surface area contributed by atoms with Crippen LogP contribution in [0.15, 0.2) is 36.4 Å². The number of hydrogen-bond donors (Lipinski definition) is 0. The fourth-order valence-corrected chi connectivity index (χ4v) is 2.85. The topological polar surface area (TPSA) is 58.6 Å². The minimum absolute atomic E-state index is 0.000660. The first-order valence-electron chi connectivity index (χ1n) is 8.56. The molecular weight excluding hydrogens is 361 g/mol. The Bertz CT molecular complexity index is 771. The molecule has 0 N–H and O–H groups in total. The van der Waals surface area contributed by atoms with Gasteiger partial charge in [-0.25, -0.2) is 0 Å². The number of hydrogen-bond acceptors (Lipinski definition) is 5. The van der Waals surface area contributed by atoms with Crippen LogP contribution in [-0.2, 0) is 4.79 Å². The van der Waals surface area contributed by atoms with E-state index >= 15 is 0 Å². The van der Waals surface area contributed by atoms with Gasteiger partial charge in [-0.2, -0.15) is 13.2 Å². The van der Waals surface area contributed by atoms with Crippen molar-refractivity contribution in [3.05, 3.63) is 36.4 Å². The lowest BCUT2D eigenvalue weighted by Gasteiger charge is -2.35. The van der Waals surface area contributed by atoms with Crippen LogP contribution in [0.2, 0.25) is 0 Å². The van der Waals surface area contributed by atoms with Crippen LogP contribution in [0.1, 0.15) is 6.92 Å². The van der Waals surface area contributed by atoms with Gasteiger partial charge in [-0.15, -0.1) is 10.2 Å². The minimum Gasteiger partial charge on any atom is -0.494 e. The van der Waals surface area contributed by atoms with E-state index in [0.717, 1.165) is 16.2 Å². The van der Waals surface area contributed by atoms with Gasteiger partial charge in [-0.05, 0) is 43.3 Å². The SMILES string of the molecule is CCOc1ccc(-c2ccc(N3CCN(C(=O)C(F)(F)F)CC3)nn2)cc1. The van der Waals surface area contributed by atoms with Crippen LogP contribution in [0.3, 0.4) is 0 Å². The monoisotopic (exact) mass is 380 g/mol. The van der Waals surface area contributed by atoms with Crippen molar-refractivity contribution in [2.24, 2.45) is 0 Å². The molecule has 0 bridgehead atoms. The fourth-order valence-electron chi connectivity index (χ4n) is 2.85. The van der Waals surface area contributed by atoms with E-state index in [-0.39, 0.29) is 26.2 Å². The molecule has 27 heavy (non-hydrogen) atoms. The largest absolute Gasteiger partial charge is 0.494 e. The molecule has 0 radical (unpaired) electrons. The normalized spacial score (nSPS) is 15.0. The molecule has 6 nitrogen and oxygen atoms in total. The van der Waals surface area contributed by atoms with Crippen LogP contribution in [0.4, 0.5) is 19.0 Å². The van der Waals surface area contributed by atoms with Crippen LogP contribution in [-0.4, -0.2) is 60.0 Å². The molecule has 2 heterocycles. The van der Waals surface area contributed by atoms with Gasteiger partial charge in [0.15, 0.2) is 5.82 Å². The third-order valence-electron chi connectivity index (χ3n) is 4.24. The molecule has 0 saturated carbocycles. The van der Waals surface area contributed by atoms with E-state index in [4.69, 9.17) is 4.74 Å². The van der Waals surface area contributed by atoms with Crippen molar-refractivity contribution in [3.8, 4) is 17.0 Å².